The SMILES string of the molecule is CCN(CCCO)c1snc(N)c1-c1ccncc1. The molecule has 0 atom stereocenters. The van der Waals surface area contributed by atoms with Crippen LogP contribution in [0.4, 0.5) is 10.8 Å². The van der Waals surface area contributed by atoms with Crippen LogP contribution in [0.15, 0.2) is 24.5 Å². The van der Waals surface area contributed by atoms with E-state index in [1.54, 1.807) is 12.4 Å². The molecule has 5 nitrogen and oxygen atoms in total. The summed E-state index contributed by atoms with van der Waals surface area (Å²) in [5.74, 6) is 0.550. The topological polar surface area (TPSA) is 75.3 Å². The van der Waals surface area contributed by atoms with Gasteiger partial charge < -0.3 is 15.7 Å². The molecule has 0 unspecified atom stereocenters. The van der Waals surface area contributed by atoms with E-state index >= 15 is 0 Å². The Bertz CT molecular complexity index is 515. The zero-order valence-electron chi connectivity index (χ0n) is 10.9. The number of rotatable bonds is 6. The molecule has 0 spiro atoms. The van der Waals surface area contributed by atoms with Gasteiger partial charge in [0.2, 0.25) is 0 Å². The minimum atomic E-state index is 0.190. The molecular formula is C13H18N4OS. The van der Waals surface area contributed by atoms with Crippen molar-refractivity contribution in [3.63, 3.8) is 0 Å². The normalized spacial score (nSPS) is 10.6. The van der Waals surface area contributed by atoms with Gasteiger partial charge >= 0.3 is 0 Å². The molecule has 6 heteroatoms. The Kier molecular flexibility index (Phi) is 4.70. The molecule has 0 aliphatic heterocycles. The van der Waals surface area contributed by atoms with Gasteiger partial charge in [0.05, 0.1) is 5.56 Å². The molecule has 0 aromatic carbocycles. The van der Waals surface area contributed by atoms with Gasteiger partial charge in [-0.15, -0.1) is 0 Å². The largest absolute Gasteiger partial charge is 0.396 e. The molecule has 2 aromatic rings. The van der Waals surface area contributed by atoms with Crippen LogP contribution in [0, 0.1) is 0 Å². The van der Waals surface area contributed by atoms with Crippen molar-refractivity contribution in [2.45, 2.75) is 13.3 Å². The molecule has 0 amide bonds. The van der Waals surface area contributed by atoms with Gasteiger partial charge in [0.25, 0.3) is 0 Å². The lowest BCUT2D eigenvalue weighted by Gasteiger charge is -2.22. The van der Waals surface area contributed by atoms with Gasteiger partial charge in [0, 0.05) is 32.1 Å². The van der Waals surface area contributed by atoms with Crippen LogP contribution in [-0.2, 0) is 0 Å². The number of aliphatic hydroxyl groups excluding tert-OH is 1. The maximum Gasteiger partial charge on any atom is 0.147 e. The van der Waals surface area contributed by atoms with Crippen LogP contribution in [0.2, 0.25) is 0 Å². The first-order valence-corrected chi connectivity index (χ1v) is 7.06. The summed E-state index contributed by atoms with van der Waals surface area (Å²) in [7, 11) is 0. The average molecular weight is 278 g/mol. The van der Waals surface area contributed by atoms with Crippen LogP contribution in [0.5, 0.6) is 0 Å². The predicted octanol–water partition coefficient (Wildman–Crippen LogP) is 2.00. The van der Waals surface area contributed by atoms with E-state index in [4.69, 9.17) is 10.8 Å². The molecule has 0 aliphatic carbocycles. The summed E-state index contributed by atoms with van der Waals surface area (Å²) in [5, 5.41) is 10.0. The molecule has 2 heterocycles. The maximum absolute atomic E-state index is 8.98. The van der Waals surface area contributed by atoms with Gasteiger partial charge in [0.1, 0.15) is 10.8 Å². The lowest BCUT2D eigenvalue weighted by molar-refractivity contribution is 0.290. The zero-order chi connectivity index (χ0) is 13.7. The first kappa shape index (κ1) is 13.8. The monoisotopic (exact) mass is 278 g/mol. The number of aliphatic hydroxyl groups is 1. The molecule has 0 bridgehead atoms. The first-order valence-electron chi connectivity index (χ1n) is 6.29. The van der Waals surface area contributed by atoms with Gasteiger partial charge in [-0.05, 0) is 42.6 Å². The van der Waals surface area contributed by atoms with Crippen LogP contribution >= 0.6 is 11.5 Å². The Balaban J connectivity index is 2.36. The fraction of sp³-hybridized carbons (Fsp3) is 0.385. The molecule has 0 saturated heterocycles. The second kappa shape index (κ2) is 6.49. The van der Waals surface area contributed by atoms with Crippen molar-refractivity contribution in [1.29, 1.82) is 0 Å². The number of nitrogens with zero attached hydrogens (tertiary/aromatic N) is 3. The van der Waals surface area contributed by atoms with E-state index in [9.17, 15) is 0 Å². The summed E-state index contributed by atoms with van der Waals surface area (Å²) in [5.41, 5.74) is 7.99. The van der Waals surface area contributed by atoms with Crippen LogP contribution < -0.4 is 10.6 Å². The minimum Gasteiger partial charge on any atom is -0.396 e. The molecule has 3 N–H and O–H groups in total. The van der Waals surface area contributed by atoms with Crippen molar-refractivity contribution in [2.75, 3.05) is 30.3 Å². The Labute approximate surface area is 116 Å². The number of nitrogen functional groups attached to an aromatic ring is 1. The summed E-state index contributed by atoms with van der Waals surface area (Å²) < 4.78 is 4.26. The zero-order valence-corrected chi connectivity index (χ0v) is 11.7. The number of aromatic nitrogens is 2. The molecule has 19 heavy (non-hydrogen) atoms. The minimum absolute atomic E-state index is 0.190. The maximum atomic E-state index is 8.98. The number of pyridine rings is 1. The van der Waals surface area contributed by atoms with E-state index in [1.807, 2.05) is 12.1 Å². The summed E-state index contributed by atoms with van der Waals surface area (Å²) in [6.07, 6.45) is 4.24. The molecule has 0 saturated carbocycles. The predicted molar refractivity (Wildman–Crippen MR) is 79.3 cm³/mol. The molecule has 0 radical (unpaired) electrons. The molecular weight excluding hydrogens is 260 g/mol. The Morgan fingerprint density at radius 2 is 2.11 bits per heavy atom. The summed E-state index contributed by atoms with van der Waals surface area (Å²) in [4.78, 5) is 6.22. The van der Waals surface area contributed by atoms with E-state index in [0.29, 0.717) is 5.82 Å². The van der Waals surface area contributed by atoms with Crippen molar-refractivity contribution in [2.24, 2.45) is 0 Å². The standard InChI is InChI=1S/C13H18N4OS/c1-2-17(8-3-9-18)13-11(12(14)16-19-13)10-4-6-15-7-5-10/h4-7,18H,2-3,8-9H2,1H3,(H2,14,16). The number of hydrogen-bond donors (Lipinski definition) is 2. The number of hydrogen-bond acceptors (Lipinski definition) is 6. The van der Waals surface area contributed by atoms with Crippen molar-refractivity contribution >= 4 is 22.4 Å². The van der Waals surface area contributed by atoms with Crippen LogP contribution in [0.3, 0.4) is 0 Å². The van der Waals surface area contributed by atoms with E-state index in [2.05, 4.69) is 21.2 Å². The van der Waals surface area contributed by atoms with Crippen LogP contribution in [-0.4, -0.2) is 34.2 Å². The third-order valence-corrected chi connectivity index (χ3v) is 3.85. The quantitative estimate of drug-likeness (QED) is 0.845. The molecule has 0 fully saturated rings. The van der Waals surface area contributed by atoms with Gasteiger partial charge in [-0.3, -0.25) is 4.98 Å². The highest BCUT2D eigenvalue weighted by molar-refractivity contribution is 7.11. The molecule has 2 rings (SSSR count). The van der Waals surface area contributed by atoms with E-state index in [0.717, 1.165) is 35.6 Å². The van der Waals surface area contributed by atoms with Gasteiger partial charge in [-0.2, -0.15) is 4.37 Å². The first-order chi connectivity index (χ1) is 9.27. The van der Waals surface area contributed by atoms with E-state index in [1.165, 1.54) is 11.5 Å². The summed E-state index contributed by atoms with van der Waals surface area (Å²) in [6, 6.07) is 3.87. The lowest BCUT2D eigenvalue weighted by atomic mass is 10.1. The van der Waals surface area contributed by atoms with Crippen molar-refractivity contribution in [3.05, 3.63) is 24.5 Å². The Morgan fingerprint density at radius 3 is 2.74 bits per heavy atom. The van der Waals surface area contributed by atoms with Crippen LogP contribution in [0.25, 0.3) is 11.1 Å². The van der Waals surface area contributed by atoms with Crippen molar-refractivity contribution < 1.29 is 5.11 Å². The van der Waals surface area contributed by atoms with Crippen molar-refractivity contribution in [3.8, 4) is 11.1 Å². The number of nitrogens with two attached hydrogens (primary N) is 1. The highest BCUT2D eigenvalue weighted by atomic mass is 32.1. The fourth-order valence-corrected chi connectivity index (χ4v) is 2.89. The average Bonchev–Trinajstić information content (AvgIpc) is 2.83. The third-order valence-electron chi connectivity index (χ3n) is 2.92. The highest BCUT2D eigenvalue weighted by Crippen LogP contribution is 2.38. The highest BCUT2D eigenvalue weighted by Gasteiger charge is 2.18. The van der Waals surface area contributed by atoms with E-state index < -0.39 is 0 Å². The number of anilines is 2. The van der Waals surface area contributed by atoms with Crippen molar-refractivity contribution in [1.82, 2.24) is 9.36 Å². The van der Waals surface area contributed by atoms with Gasteiger partial charge in [-0.1, -0.05) is 0 Å². The van der Waals surface area contributed by atoms with E-state index in [-0.39, 0.29) is 6.61 Å². The third kappa shape index (κ3) is 3.02. The summed E-state index contributed by atoms with van der Waals surface area (Å²) >= 11 is 1.40. The second-order valence-corrected chi connectivity index (χ2v) is 4.89. The second-order valence-electron chi connectivity index (χ2n) is 4.14. The van der Waals surface area contributed by atoms with Gasteiger partial charge in [-0.25, -0.2) is 0 Å². The fourth-order valence-electron chi connectivity index (χ4n) is 1.96. The Morgan fingerprint density at radius 1 is 1.37 bits per heavy atom. The molecule has 0 aliphatic rings. The van der Waals surface area contributed by atoms with Crippen LogP contribution in [0.1, 0.15) is 13.3 Å². The Hall–Kier alpha value is -1.66. The molecule has 2 aromatic heterocycles. The summed E-state index contributed by atoms with van der Waals surface area (Å²) in [6.45, 7) is 3.94. The molecule has 102 valence electrons. The lowest BCUT2D eigenvalue weighted by Crippen LogP contribution is -2.24. The van der Waals surface area contributed by atoms with Gasteiger partial charge in [0.15, 0.2) is 0 Å². The smallest absolute Gasteiger partial charge is 0.147 e.